The molecule has 0 heterocycles. The van der Waals surface area contributed by atoms with E-state index in [4.69, 9.17) is 16.3 Å². The highest BCUT2D eigenvalue weighted by molar-refractivity contribution is 9.10. The van der Waals surface area contributed by atoms with Crippen LogP contribution in [0.3, 0.4) is 0 Å². The maximum absolute atomic E-state index is 9.33. The van der Waals surface area contributed by atoms with E-state index in [0.717, 1.165) is 15.6 Å². The molecule has 0 atom stereocenters. The fourth-order valence-corrected chi connectivity index (χ4v) is 2.34. The Kier molecular flexibility index (Phi) is 4.50. The number of aliphatic hydroxyl groups is 1. The SMILES string of the molecule is Cc1cc(Oc2c(Cl)cccc2CO)cc(C)c1Br. The smallest absolute Gasteiger partial charge is 0.151 e. The molecule has 0 unspecified atom stereocenters. The van der Waals surface area contributed by atoms with Crippen LogP contribution < -0.4 is 4.74 Å². The highest BCUT2D eigenvalue weighted by atomic mass is 79.9. The van der Waals surface area contributed by atoms with E-state index in [1.165, 1.54) is 0 Å². The van der Waals surface area contributed by atoms with E-state index in [0.29, 0.717) is 22.1 Å². The van der Waals surface area contributed by atoms with Gasteiger partial charge in [-0.05, 0) is 43.2 Å². The topological polar surface area (TPSA) is 29.5 Å². The van der Waals surface area contributed by atoms with Crippen LogP contribution in [0.5, 0.6) is 11.5 Å². The molecule has 0 aliphatic carbocycles. The third-order valence-electron chi connectivity index (χ3n) is 2.85. The largest absolute Gasteiger partial charge is 0.455 e. The van der Waals surface area contributed by atoms with Crippen molar-refractivity contribution >= 4 is 27.5 Å². The van der Waals surface area contributed by atoms with Gasteiger partial charge in [-0.25, -0.2) is 0 Å². The fraction of sp³-hybridized carbons (Fsp3) is 0.200. The van der Waals surface area contributed by atoms with Crippen molar-refractivity contribution in [1.82, 2.24) is 0 Å². The molecule has 0 radical (unpaired) electrons. The van der Waals surface area contributed by atoms with Gasteiger partial charge in [-0.1, -0.05) is 39.7 Å². The average Bonchev–Trinajstić information content (AvgIpc) is 2.38. The molecule has 0 bridgehead atoms. The summed E-state index contributed by atoms with van der Waals surface area (Å²) >= 11 is 9.64. The van der Waals surface area contributed by atoms with E-state index in [1.54, 1.807) is 18.2 Å². The van der Waals surface area contributed by atoms with Gasteiger partial charge in [0.1, 0.15) is 5.75 Å². The van der Waals surface area contributed by atoms with Crippen molar-refractivity contribution in [1.29, 1.82) is 0 Å². The molecule has 0 aromatic heterocycles. The third kappa shape index (κ3) is 3.11. The summed E-state index contributed by atoms with van der Waals surface area (Å²) in [6, 6.07) is 9.19. The lowest BCUT2D eigenvalue weighted by molar-refractivity contribution is 0.276. The van der Waals surface area contributed by atoms with E-state index < -0.39 is 0 Å². The number of hydrogen-bond acceptors (Lipinski definition) is 2. The van der Waals surface area contributed by atoms with Crippen LogP contribution in [0, 0.1) is 13.8 Å². The summed E-state index contributed by atoms with van der Waals surface area (Å²) in [6.07, 6.45) is 0. The molecule has 1 N–H and O–H groups in total. The summed E-state index contributed by atoms with van der Waals surface area (Å²) in [5.41, 5.74) is 2.85. The third-order valence-corrected chi connectivity index (χ3v) is 4.40. The molecule has 0 spiro atoms. The Morgan fingerprint density at radius 1 is 1.21 bits per heavy atom. The van der Waals surface area contributed by atoms with Crippen molar-refractivity contribution in [3.8, 4) is 11.5 Å². The number of ether oxygens (including phenoxy) is 1. The first-order valence-corrected chi connectivity index (χ1v) is 7.03. The predicted molar refractivity (Wildman–Crippen MR) is 81.1 cm³/mol. The lowest BCUT2D eigenvalue weighted by Gasteiger charge is -2.13. The first kappa shape index (κ1) is 14.4. The van der Waals surface area contributed by atoms with Crippen LogP contribution in [0.1, 0.15) is 16.7 Å². The molecular weight excluding hydrogens is 328 g/mol. The minimum absolute atomic E-state index is 0.107. The van der Waals surface area contributed by atoms with Gasteiger partial charge in [0.2, 0.25) is 0 Å². The Bertz CT molecular complexity index is 588. The summed E-state index contributed by atoms with van der Waals surface area (Å²) in [7, 11) is 0. The van der Waals surface area contributed by atoms with Crippen LogP contribution in [0.2, 0.25) is 5.02 Å². The van der Waals surface area contributed by atoms with Crippen molar-refractivity contribution in [2.24, 2.45) is 0 Å². The van der Waals surface area contributed by atoms with Gasteiger partial charge in [0.25, 0.3) is 0 Å². The maximum atomic E-state index is 9.33. The molecule has 100 valence electrons. The van der Waals surface area contributed by atoms with Crippen molar-refractivity contribution in [3.63, 3.8) is 0 Å². The van der Waals surface area contributed by atoms with E-state index >= 15 is 0 Å². The molecule has 0 saturated carbocycles. The van der Waals surface area contributed by atoms with Crippen LogP contribution in [0.4, 0.5) is 0 Å². The second-order valence-corrected chi connectivity index (χ2v) is 5.56. The summed E-state index contributed by atoms with van der Waals surface area (Å²) in [4.78, 5) is 0. The predicted octanol–water partition coefficient (Wildman–Crippen LogP) is 5.00. The van der Waals surface area contributed by atoms with Crippen molar-refractivity contribution < 1.29 is 9.84 Å². The second kappa shape index (κ2) is 5.95. The van der Waals surface area contributed by atoms with E-state index in [9.17, 15) is 5.11 Å². The second-order valence-electron chi connectivity index (χ2n) is 4.36. The van der Waals surface area contributed by atoms with Gasteiger partial charge in [-0.2, -0.15) is 0 Å². The zero-order valence-electron chi connectivity index (χ0n) is 10.7. The number of para-hydroxylation sites is 1. The van der Waals surface area contributed by atoms with E-state index in [2.05, 4.69) is 15.9 Å². The lowest BCUT2D eigenvalue weighted by Crippen LogP contribution is -1.94. The fourth-order valence-electron chi connectivity index (χ4n) is 1.88. The normalized spacial score (nSPS) is 10.6. The van der Waals surface area contributed by atoms with Gasteiger partial charge in [-0.3, -0.25) is 0 Å². The molecule has 0 aliphatic heterocycles. The van der Waals surface area contributed by atoms with Crippen LogP contribution >= 0.6 is 27.5 Å². The number of hydrogen-bond donors (Lipinski definition) is 1. The molecule has 4 heteroatoms. The quantitative estimate of drug-likeness (QED) is 0.851. The minimum atomic E-state index is -0.107. The van der Waals surface area contributed by atoms with Crippen LogP contribution in [0.15, 0.2) is 34.8 Å². The Balaban J connectivity index is 2.42. The zero-order valence-corrected chi connectivity index (χ0v) is 13.0. The number of aryl methyl sites for hydroxylation is 2. The standard InChI is InChI=1S/C15H14BrClO2/c1-9-6-12(7-10(2)14(9)16)19-15-11(8-18)4-3-5-13(15)17/h3-7,18H,8H2,1-2H3. The molecule has 0 saturated heterocycles. The first-order chi connectivity index (χ1) is 9.02. The lowest BCUT2D eigenvalue weighted by atomic mass is 10.1. The number of rotatable bonds is 3. The molecule has 2 aromatic rings. The van der Waals surface area contributed by atoms with Crippen molar-refractivity contribution in [2.45, 2.75) is 20.5 Å². The zero-order chi connectivity index (χ0) is 14.0. The molecular formula is C15H14BrClO2. The summed E-state index contributed by atoms with van der Waals surface area (Å²) in [5.74, 6) is 1.22. The van der Waals surface area contributed by atoms with Gasteiger partial charge < -0.3 is 9.84 Å². The number of benzene rings is 2. The van der Waals surface area contributed by atoms with Crippen LogP contribution in [-0.4, -0.2) is 5.11 Å². The highest BCUT2D eigenvalue weighted by Crippen LogP contribution is 2.35. The Morgan fingerprint density at radius 3 is 2.42 bits per heavy atom. The van der Waals surface area contributed by atoms with Crippen LogP contribution in [-0.2, 0) is 6.61 Å². The van der Waals surface area contributed by atoms with Gasteiger partial charge >= 0.3 is 0 Å². The summed E-state index contributed by atoms with van der Waals surface area (Å²) < 4.78 is 6.91. The molecule has 0 aliphatic rings. The molecule has 0 amide bonds. The van der Waals surface area contributed by atoms with Crippen molar-refractivity contribution in [2.75, 3.05) is 0 Å². The van der Waals surface area contributed by atoms with E-state index in [-0.39, 0.29) is 6.61 Å². The van der Waals surface area contributed by atoms with Gasteiger partial charge in [0.05, 0.1) is 11.6 Å². The van der Waals surface area contributed by atoms with Crippen molar-refractivity contribution in [3.05, 3.63) is 56.5 Å². The highest BCUT2D eigenvalue weighted by Gasteiger charge is 2.10. The van der Waals surface area contributed by atoms with Gasteiger partial charge in [0.15, 0.2) is 5.75 Å². The molecule has 2 aromatic carbocycles. The average molecular weight is 342 g/mol. The van der Waals surface area contributed by atoms with E-state index in [1.807, 2.05) is 26.0 Å². The van der Waals surface area contributed by atoms with Gasteiger partial charge in [-0.15, -0.1) is 0 Å². The Morgan fingerprint density at radius 2 is 1.84 bits per heavy atom. The monoisotopic (exact) mass is 340 g/mol. The molecule has 19 heavy (non-hydrogen) atoms. The Labute approximate surface area is 126 Å². The number of aliphatic hydroxyl groups excluding tert-OH is 1. The first-order valence-electron chi connectivity index (χ1n) is 5.85. The maximum Gasteiger partial charge on any atom is 0.151 e. The van der Waals surface area contributed by atoms with Crippen LogP contribution in [0.25, 0.3) is 0 Å². The van der Waals surface area contributed by atoms with Gasteiger partial charge in [0, 0.05) is 10.0 Å². The summed E-state index contributed by atoms with van der Waals surface area (Å²) in [5, 5.41) is 9.82. The molecule has 2 rings (SSSR count). The Hall–Kier alpha value is -1.03. The minimum Gasteiger partial charge on any atom is -0.455 e. The summed E-state index contributed by atoms with van der Waals surface area (Å²) in [6.45, 7) is 3.90. The molecule has 0 fully saturated rings. The molecule has 2 nitrogen and oxygen atoms in total. The number of halogens is 2.